The molecule has 2 amide bonds. The van der Waals surface area contributed by atoms with Gasteiger partial charge in [-0.05, 0) is 76.0 Å². The molecule has 0 spiro atoms. The molecular formula is C30H38F3N3O4S. The Bertz CT molecular complexity index is 1220. The Balaban J connectivity index is 1.42. The van der Waals surface area contributed by atoms with Gasteiger partial charge in [0.15, 0.2) is 11.6 Å². The first kappa shape index (κ1) is 31.2. The summed E-state index contributed by atoms with van der Waals surface area (Å²) in [6.45, 7) is 5.44. The minimum Gasteiger partial charge on any atom is -0.598 e. The van der Waals surface area contributed by atoms with Gasteiger partial charge in [-0.2, -0.15) is 0 Å². The van der Waals surface area contributed by atoms with Crippen LogP contribution < -0.4 is 4.72 Å². The third-order valence-electron chi connectivity index (χ3n) is 7.86. The molecule has 1 N–H and O–H groups in total. The van der Waals surface area contributed by atoms with Crippen LogP contribution in [0.2, 0.25) is 0 Å². The highest BCUT2D eigenvalue weighted by atomic mass is 32.2. The molecule has 2 fully saturated rings. The third-order valence-corrected chi connectivity index (χ3v) is 9.49. The number of carbonyl (C=O) groups is 2. The van der Waals surface area contributed by atoms with Crippen LogP contribution in [-0.2, 0) is 33.9 Å². The zero-order valence-corrected chi connectivity index (χ0v) is 24.7. The normalized spacial score (nSPS) is 21.9. The molecule has 2 aliphatic rings. The highest BCUT2D eigenvalue weighted by Crippen LogP contribution is 2.41. The van der Waals surface area contributed by atoms with Crippen molar-refractivity contribution in [1.82, 2.24) is 14.5 Å². The molecule has 4 rings (SSSR count). The SMILES string of the molecule is CN(CC(=O)N1C2CCC1CC([C@@H](Cc1cc(F)c(F)cc1F)N[S+]([O-])C(C)(C)C)C2)C(=O)OCc1ccccc1. The molecule has 7 nitrogen and oxygen atoms in total. The molecule has 2 bridgehead atoms. The molecule has 41 heavy (non-hydrogen) atoms. The minimum absolute atomic E-state index is 0.00815. The van der Waals surface area contributed by atoms with E-state index in [0.717, 1.165) is 24.5 Å². The van der Waals surface area contributed by atoms with Gasteiger partial charge in [0.2, 0.25) is 5.91 Å². The predicted molar refractivity (Wildman–Crippen MR) is 150 cm³/mol. The molecule has 0 radical (unpaired) electrons. The number of nitrogens with one attached hydrogen (secondary N) is 1. The fourth-order valence-electron chi connectivity index (χ4n) is 5.71. The van der Waals surface area contributed by atoms with E-state index < -0.39 is 45.7 Å². The zero-order chi connectivity index (χ0) is 29.9. The van der Waals surface area contributed by atoms with Gasteiger partial charge in [0, 0.05) is 36.6 Å². The largest absolute Gasteiger partial charge is 0.598 e. The Morgan fingerprint density at radius 3 is 2.29 bits per heavy atom. The van der Waals surface area contributed by atoms with Gasteiger partial charge in [0.1, 0.15) is 23.7 Å². The van der Waals surface area contributed by atoms with Crippen molar-refractivity contribution >= 4 is 23.4 Å². The molecule has 2 heterocycles. The number of halogens is 3. The van der Waals surface area contributed by atoms with Crippen molar-refractivity contribution < 1.29 is 32.0 Å². The van der Waals surface area contributed by atoms with Gasteiger partial charge in [0.05, 0.1) is 6.04 Å². The average molecular weight is 594 g/mol. The highest BCUT2D eigenvalue weighted by Gasteiger charge is 2.46. The summed E-state index contributed by atoms with van der Waals surface area (Å²) in [6.07, 6.45) is 2.15. The van der Waals surface area contributed by atoms with Crippen LogP contribution in [0.15, 0.2) is 42.5 Å². The second-order valence-electron chi connectivity index (χ2n) is 12.0. The summed E-state index contributed by atoms with van der Waals surface area (Å²) < 4.78 is 63.1. The van der Waals surface area contributed by atoms with Crippen LogP contribution in [0.5, 0.6) is 0 Å². The number of hydrogen-bond donors (Lipinski definition) is 1. The summed E-state index contributed by atoms with van der Waals surface area (Å²) in [5, 5.41) is 0. The number of ether oxygens (including phenoxy) is 1. The van der Waals surface area contributed by atoms with Crippen molar-refractivity contribution in [3.8, 4) is 0 Å². The van der Waals surface area contributed by atoms with Crippen molar-refractivity contribution in [2.24, 2.45) is 5.92 Å². The molecular weight excluding hydrogens is 555 g/mol. The number of benzene rings is 2. The Hall–Kier alpha value is -2.76. The van der Waals surface area contributed by atoms with Crippen LogP contribution in [0.4, 0.5) is 18.0 Å². The number of amides is 2. The number of rotatable bonds is 9. The van der Waals surface area contributed by atoms with E-state index in [1.54, 1.807) is 0 Å². The smallest absolute Gasteiger partial charge is 0.410 e. The predicted octanol–water partition coefficient (Wildman–Crippen LogP) is 5.11. The number of fused-ring (bicyclic) bond motifs is 2. The summed E-state index contributed by atoms with van der Waals surface area (Å²) in [5.41, 5.74) is 0.855. The van der Waals surface area contributed by atoms with Crippen LogP contribution in [0.25, 0.3) is 0 Å². The fourth-order valence-corrected chi connectivity index (χ4v) is 6.61. The fraction of sp³-hybridized carbons (Fsp3) is 0.533. The average Bonchev–Trinajstić information content (AvgIpc) is 3.19. The summed E-state index contributed by atoms with van der Waals surface area (Å²) in [4.78, 5) is 28.9. The number of piperidine rings is 1. The van der Waals surface area contributed by atoms with E-state index in [4.69, 9.17) is 4.74 Å². The topological polar surface area (TPSA) is 84.9 Å². The summed E-state index contributed by atoms with van der Waals surface area (Å²) >= 11 is -1.49. The monoisotopic (exact) mass is 593 g/mol. The number of nitrogens with zero attached hydrogens (tertiary/aromatic N) is 2. The first-order valence-electron chi connectivity index (χ1n) is 13.9. The van der Waals surface area contributed by atoms with E-state index in [0.29, 0.717) is 18.9 Å². The van der Waals surface area contributed by atoms with Crippen molar-refractivity contribution in [3.63, 3.8) is 0 Å². The molecule has 2 aromatic rings. The number of hydrogen-bond acceptors (Lipinski definition) is 5. The van der Waals surface area contributed by atoms with E-state index in [1.165, 1.54) is 11.9 Å². The molecule has 2 saturated heterocycles. The van der Waals surface area contributed by atoms with E-state index in [1.807, 2.05) is 56.0 Å². The summed E-state index contributed by atoms with van der Waals surface area (Å²) in [6, 6.07) is 10.00. The van der Waals surface area contributed by atoms with Gasteiger partial charge >= 0.3 is 6.09 Å². The maximum absolute atomic E-state index is 14.6. The lowest BCUT2D eigenvalue weighted by atomic mass is 9.82. The lowest BCUT2D eigenvalue weighted by Gasteiger charge is -2.42. The lowest BCUT2D eigenvalue weighted by molar-refractivity contribution is -0.137. The second-order valence-corrected chi connectivity index (χ2v) is 14.0. The van der Waals surface area contributed by atoms with E-state index >= 15 is 0 Å². The van der Waals surface area contributed by atoms with Crippen molar-refractivity contribution in [1.29, 1.82) is 0 Å². The molecule has 4 atom stereocenters. The Morgan fingerprint density at radius 2 is 1.68 bits per heavy atom. The molecule has 11 heteroatoms. The maximum Gasteiger partial charge on any atom is 0.410 e. The molecule has 3 unspecified atom stereocenters. The molecule has 224 valence electrons. The third kappa shape index (κ3) is 7.75. The Labute approximate surface area is 242 Å². The summed E-state index contributed by atoms with van der Waals surface area (Å²) in [7, 11) is 1.53. The van der Waals surface area contributed by atoms with Crippen LogP contribution in [0.1, 0.15) is 57.6 Å². The number of likely N-dealkylation sites (N-methyl/N-ethyl adjacent to an activating group) is 1. The molecule has 0 saturated carbocycles. The molecule has 2 aromatic carbocycles. The van der Waals surface area contributed by atoms with E-state index in [-0.39, 0.29) is 49.0 Å². The second kappa shape index (κ2) is 13.0. The van der Waals surface area contributed by atoms with Crippen LogP contribution in [-0.4, -0.2) is 62.8 Å². The minimum atomic E-state index is -1.49. The van der Waals surface area contributed by atoms with Gasteiger partial charge in [-0.3, -0.25) is 4.79 Å². The zero-order valence-electron chi connectivity index (χ0n) is 23.9. The standard InChI is InChI=1S/C30H38F3N3O4S/c1-30(2,3)41(39)34-27(15-20-14-25(32)26(33)16-24(20)31)21-12-22-10-11-23(13-21)36(22)28(37)17-35(4)29(38)40-18-19-8-6-5-7-9-19/h5-9,14,16,21-23,27,34H,10-13,15,17-18H2,1-4H3/t21?,22?,23?,27-,41?/m1/s1. The highest BCUT2D eigenvalue weighted by molar-refractivity contribution is 7.90. The van der Waals surface area contributed by atoms with Crippen molar-refractivity contribution in [2.45, 2.75) is 82.4 Å². The van der Waals surface area contributed by atoms with Gasteiger partial charge in [-0.1, -0.05) is 30.3 Å². The molecule has 0 aromatic heterocycles. The Kier molecular flexibility index (Phi) is 9.92. The van der Waals surface area contributed by atoms with Crippen LogP contribution in [0, 0.1) is 23.4 Å². The summed E-state index contributed by atoms with van der Waals surface area (Å²) in [5.74, 6) is -3.50. The molecule has 2 aliphatic heterocycles. The van der Waals surface area contributed by atoms with Gasteiger partial charge in [0.25, 0.3) is 0 Å². The van der Waals surface area contributed by atoms with Crippen LogP contribution in [0.3, 0.4) is 0 Å². The van der Waals surface area contributed by atoms with E-state index in [9.17, 15) is 27.3 Å². The molecule has 0 aliphatic carbocycles. The number of carbonyl (C=O) groups excluding carboxylic acids is 2. The van der Waals surface area contributed by atoms with E-state index in [2.05, 4.69) is 4.72 Å². The quantitative estimate of drug-likeness (QED) is 0.323. The van der Waals surface area contributed by atoms with Gasteiger partial charge < -0.3 is 19.1 Å². The maximum atomic E-state index is 14.6. The van der Waals surface area contributed by atoms with Gasteiger partial charge in [-0.25, -0.2) is 18.0 Å². The first-order chi connectivity index (χ1) is 19.3. The first-order valence-corrected chi connectivity index (χ1v) is 15.0. The van der Waals surface area contributed by atoms with Crippen molar-refractivity contribution in [2.75, 3.05) is 13.6 Å². The van der Waals surface area contributed by atoms with Crippen LogP contribution >= 0.6 is 0 Å². The lowest BCUT2D eigenvalue weighted by Crippen LogP contribution is -2.55. The van der Waals surface area contributed by atoms with Gasteiger partial charge in [-0.15, -0.1) is 4.72 Å². The van der Waals surface area contributed by atoms with Crippen molar-refractivity contribution in [3.05, 3.63) is 71.0 Å². The Morgan fingerprint density at radius 1 is 1.07 bits per heavy atom.